The summed E-state index contributed by atoms with van der Waals surface area (Å²) in [5.41, 5.74) is 4.34. The Morgan fingerprint density at radius 3 is 2.42 bits per heavy atom. The van der Waals surface area contributed by atoms with Crippen LogP contribution in [0.2, 0.25) is 0 Å². The van der Waals surface area contributed by atoms with Gasteiger partial charge in [-0.15, -0.1) is 0 Å². The molecule has 0 spiro atoms. The smallest absolute Gasteiger partial charge is 0.411 e. The van der Waals surface area contributed by atoms with E-state index in [2.05, 4.69) is 15.3 Å². The average Bonchev–Trinajstić information content (AvgIpc) is 3.12. The van der Waals surface area contributed by atoms with Gasteiger partial charge in [-0.1, -0.05) is 30.3 Å². The maximum atomic E-state index is 12.4. The summed E-state index contributed by atoms with van der Waals surface area (Å²) in [6, 6.07) is 19.0. The zero-order valence-corrected chi connectivity index (χ0v) is 19.0. The summed E-state index contributed by atoms with van der Waals surface area (Å²) in [4.78, 5) is 37.2. The number of ether oxygens (including phenoxy) is 1. The lowest BCUT2D eigenvalue weighted by molar-refractivity contribution is -0.128. The van der Waals surface area contributed by atoms with Gasteiger partial charge in [0.05, 0.1) is 13.0 Å². The number of nitrogens with one attached hydrogen (secondary N) is 1. The monoisotopic (exact) mass is 445 g/mol. The molecule has 33 heavy (non-hydrogen) atoms. The Balaban J connectivity index is 1.31. The highest BCUT2D eigenvalue weighted by molar-refractivity contribution is 5.86. The lowest BCUT2D eigenvalue weighted by Gasteiger charge is -2.19. The predicted molar refractivity (Wildman–Crippen MR) is 126 cm³/mol. The van der Waals surface area contributed by atoms with Crippen LogP contribution in [0.1, 0.15) is 23.4 Å². The van der Waals surface area contributed by atoms with Crippen molar-refractivity contribution in [2.45, 2.75) is 32.9 Å². The van der Waals surface area contributed by atoms with Crippen LogP contribution >= 0.6 is 0 Å². The van der Waals surface area contributed by atoms with Crippen molar-refractivity contribution < 1.29 is 14.3 Å². The number of amides is 2. The van der Waals surface area contributed by atoms with Crippen molar-refractivity contribution in [3.63, 3.8) is 0 Å². The minimum atomic E-state index is -0.576. The quantitative estimate of drug-likeness (QED) is 0.612. The lowest BCUT2D eigenvalue weighted by Crippen LogP contribution is -2.27. The molecule has 0 aliphatic carbocycles. The molecule has 1 atom stereocenters. The van der Waals surface area contributed by atoms with Gasteiger partial charge >= 0.3 is 6.09 Å². The summed E-state index contributed by atoms with van der Waals surface area (Å²) in [6.45, 7) is 4.77. The van der Waals surface area contributed by atoms with Gasteiger partial charge < -0.3 is 14.5 Å². The number of carbonyl (C=O) groups excluding carboxylic acids is 2. The molecular weight excluding hydrogens is 418 g/mol. The van der Waals surface area contributed by atoms with E-state index in [1.807, 2.05) is 74.3 Å². The van der Waals surface area contributed by atoms with Crippen LogP contribution in [0, 0.1) is 13.8 Å². The molecule has 1 aliphatic rings. The molecule has 1 saturated heterocycles. The zero-order chi connectivity index (χ0) is 23.4. The Morgan fingerprint density at radius 1 is 1.09 bits per heavy atom. The number of hydrogen-bond donors (Lipinski definition) is 1. The van der Waals surface area contributed by atoms with Crippen LogP contribution < -0.4 is 10.2 Å². The fourth-order valence-corrected chi connectivity index (χ4v) is 3.81. The molecule has 2 aromatic carbocycles. The largest absolute Gasteiger partial charge is 0.444 e. The average molecular weight is 446 g/mol. The minimum Gasteiger partial charge on any atom is -0.444 e. The van der Waals surface area contributed by atoms with Crippen LogP contribution in [-0.2, 0) is 16.1 Å². The zero-order valence-electron chi connectivity index (χ0n) is 19.0. The second kappa shape index (κ2) is 9.68. The van der Waals surface area contributed by atoms with Crippen molar-refractivity contribution in [1.29, 1.82) is 0 Å². The highest BCUT2D eigenvalue weighted by Crippen LogP contribution is 2.23. The highest BCUT2D eigenvalue weighted by atomic mass is 16.6. The fourth-order valence-electron chi connectivity index (χ4n) is 3.81. The number of aryl methyl sites for hydroxylation is 2. The topological polar surface area (TPSA) is 87.7 Å². The van der Waals surface area contributed by atoms with Crippen LogP contribution in [0.3, 0.4) is 0 Å². The number of rotatable bonds is 6. The third kappa shape index (κ3) is 5.65. The Kier molecular flexibility index (Phi) is 6.53. The highest BCUT2D eigenvalue weighted by Gasteiger charge is 2.32. The molecule has 2 heterocycles. The number of benzene rings is 2. The van der Waals surface area contributed by atoms with Crippen molar-refractivity contribution in [2.75, 3.05) is 23.8 Å². The molecule has 8 heteroatoms. The van der Waals surface area contributed by atoms with Gasteiger partial charge in [0.1, 0.15) is 6.10 Å². The maximum absolute atomic E-state index is 12.4. The van der Waals surface area contributed by atoms with Crippen LogP contribution in [0.5, 0.6) is 0 Å². The number of nitrogens with zero attached hydrogens (tertiary/aromatic N) is 4. The molecule has 170 valence electrons. The molecule has 1 aromatic heterocycles. The van der Waals surface area contributed by atoms with Crippen LogP contribution in [0.4, 0.5) is 22.1 Å². The second-order valence-corrected chi connectivity index (χ2v) is 8.17. The van der Waals surface area contributed by atoms with E-state index in [0.29, 0.717) is 24.7 Å². The second-order valence-electron chi connectivity index (χ2n) is 8.17. The minimum absolute atomic E-state index is 0.0161. The van der Waals surface area contributed by atoms with Crippen molar-refractivity contribution >= 4 is 29.3 Å². The normalized spacial score (nSPS) is 15.4. The van der Waals surface area contributed by atoms with E-state index in [0.717, 1.165) is 22.6 Å². The summed E-state index contributed by atoms with van der Waals surface area (Å²) in [5, 5.41) is 2.73. The molecule has 0 bridgehead atoms. The molecule has 1 unspecified atom stereocenters. The third-order valence-electron chi connectivity index (χ3n) is 5.44. The van der Waals surface area contributed by atoms with Crippen LogP contribution in [0.15, 0.2) is 60.7 Å². The van der Waals surface area contributed by atoms with Crippen molar-refractivity contribution in [3.8, 4) is 0 Å². The van der Waals surface area contributed by atoms with E-state index < -0.39 is 12.2 Å². The van der Waals surface area contributed by atoms with Gasteiger partial charge in [-0.05, 0) is 49.7 Å². The molecule has 1 aliphatic heterocycles. The number of likely N-dealkylation sites (tertiary alicyclic amines) is 1. The Bertz CT molecular complexity index is 1110. The lowest BCUT2D eigenvalue weighted by atomic mass is 10.2. The first-order chi connectivity index (χ1) is 15.9. The molecule has 2 amide bonds. The first-order valence-corrected chi connectivity index (χ1v) is 10.8. The van der Waals surface area contributed by atoms with Crippen molar-refractivity contribution in [1.82, 2.24) is 14.9 Å². The molecule has 0 saturated carbocycles. The summed E-state index contributed by atoms with van der Waals surface area (Å²) in [7, 11) is 1.89. The predicted octanol–water partition coefficient (Wildman–Crippen LogP) is 4.21. The maximum Gasteiger partial charge on any atom is 0.411 e. The van der Waals surface area contributed by atoms with E-state index in [4.69, 9.17) is 4.74 Å². The molecule has 1 fully saturated rings. The van der Waals surface area contributed by atoms with E-state index in [9.17, 15) is 9.59 Å². The van der Waals surface area contributed by atoms with Crippen molar-refractivity contribution in [3.05, 3.63) is 77.6 Å². The first kappa shape index (κ1) is 22.3. The van der Waals surface area contributed by atoms with Gasteiger partial charge in [0, 0.05) is 36.4 Å². The first-order valence-electron chi connectivity index (χ1n) is 10.8. The van der Waals surface area contributed by atoms with E-state index >= 15 is 0 Å². The standard InChI is InChI=1S/C25H27N5O3/c1-17-13-18(2)27-24(26-17)29(3)21-11-9-20(10-12-21)28-25(32)33-22-14-23(31)30(16-22)15-19-7-5-4-6-8-19/h4-13,22H,14-16H2,1-3H3,(H,28,32). The van der Waals surface area contributed by atoms with Crippen LogP contribution in [0.25, 0.3) is 0 Å². The van der Waals surface area contributed by atoms with Gasteiger partial charge in [-0.3, -0.25) is 10.1 Å². The number of carbonyl (C=O) groups is 2. The van der Waals surface area contributed by atoms with Gasteiger partial charge in [0.2, 0.25) is 11.9 Å². The number of anilines is 3. The van der Waals surface area contributed by atoms with Gasteiger partial charge in [0.15, 0.2) is 0 Å². The van der Waals surface area contributed by atoms with E-state index in [-0.39, 0.29) is 12.3 Å². The molecule has 0 radical (unpaired) electrons. The number of hydrogen-bond acceptors (Lipinski definition) is 6. The third-order valence-corrected chi connectivity index (χ3v) is 5.44. The summed E-state index contributed by atoms with van der Waals surface area (Å²) in [5.74, 6) is 0.594. The van der Waals surface area contributed by atoms with Gasteiger partial charge in [-0.25, -0.2) is 14.8 Å². The molecule has 3 aromatic rings. The van der Waals surface area contributed by atoms with Gasteiger partial charge in [0.25, 0.3) is 0 Å². The Labute approximate surface area is 193 Å². The summed E-state index contributed by atoms with van der Waals surface area (Å²) >= 11 is 0. The van der Waals surface area contributed by atoms with E-state index in [1.165, 1.54) is 0 Å². The van der Waals surface area contributed by atoms with Crippen molar-refractivity contribution in [2.24, 2.45) is 0 Å². The fraction of sp³-hybridized carbons (Fsp3) is 0.280. The summed E-state index contributed by atoms with van der Waals surface area (Å²) in [6.07, 6.45) is -0.846. The molecular formula is C25H27N5O3. The van der Waals surface area contributed by atoms with Gasteiger partial charge in [-0.2, -0.15) is 0 Å². The van der Waals surface area contributed by atoms with Crippen LogP contribution in [-0.4, -0.2) is 46.6 Å². The van der Waals surface area contributed by atoms with E-state index in [1.54, 1.807) is 17.0 Å². The molecule has 1 N–H and O–H groups in total. The Hall–Kier alpha value is -3.94. The SMILES string of the molecule is Cc1cc(C)nc(N(C)c2ccc(NC(=O)OC3CC(=O)N(Cc4ccccc4)C3)cc2)n1. The molecule has 4 rings (SSSR count). The summed E-state index contributed by atoms with van der Waals surface area (Å²) < 4.78 is 5.48. The molecule has 8 nitrogen and oxygen atoms in total. The number of aromatic nitrogens is 2. The Morgan fingerprint density at radius 2 is 1.76 bits per heavy atom.